The zero-order valence-electron chi connectivity index (χ0n) is 8.72. The maximum atomic E-state index is 4.39. The van der Waals surface area contributed by atoms with Gasteiger partial charge in [0.05, 0.1) is 12.2 Å². The molecular weight excluding hydrogens is 172 g/mol. The zero-order chi connectivity index (χ0) is 9.97. The Morgan fingerprint density at radius 3 is 2.79 bits per heavy atom. The van der Waals surface area contributed by atoms with Crippen LogP contribution < -0.4 is 0 Å². The van der Waals surface area contributed by atoms with Gasteiger partial charge < -0.3 is 0 Å². The molecule has 0 saturated heterocycles. The maximum Gasteiger partial charge on any atom is 0.0762 e. The average Bonchev–Trinajstić information content (AvgIpc) is 2.67. The lowest BCUT2D eigenvalue weighted by Crippen LogP contribution is -2.15. The van der Waals surface area contributed by atoms with Gasteiger partial charge in [0, 0.05) is 12.1 Å². The summed E-state index contributed by atoms with van der Waals surface area (Å²) >= 11 is 0. The van der Waals surface area contributed by atoms with Gasteiger partial charge in [0.2, 0.25) is 0 Å². The molecule has 1 aliphatic rings. The van der Waals surface area contributed by atoms with Crippen LogP contribution in [0.25, 0.3) is 0 Å². The second-order valence-electron chi connectivity index (χ2n) is 3.80. The van der Waals surface area contributed by atoms with Crippen molar-refractivity contribution in [1.29, 1.82) is 0 Å². The van der Waals surface area contributed by atoms with Gasteiger partial charge in [-0.05, 0) is 12.0 Å². The molecule has 1 heterocycles. The predicted octanol–water partition coefficient (Wildman–Crippen LogP) is 2.75. The Morgan fingerprint density at radius 1 is 1.36 bits per heavy atom. The van der Waals surface area contributed by atoms with Crippen molar-refractivity contribution in [2.24, 2.45) is 5.92 Å². The molecule has 0 saturated carbocycles. The third kappa shape index (κ3) is 1.65. The molecule has 74 valence electrons. The molecule has 0 amide bonds. The normalized spacial score (nSPS) is 25.6. The first-order valence-electron chi connectivity index (χ1n) is 5.19. The molecule has 0 radical (unpaired) electrons. The lowest BCUT2D eigenvalue weighted by atomic mass is 9.97. The van der Waals surface area contributed by atoms with Crippen LogP contribution in [0, 0.1) is 5.92 Å². The number of hydrogen-bond donors (Lipinski definition) is 0. The number of aromatic nitrogens is 2. The Labute approximate surface area is 84.9 Å². The van der Waals surface area contributed by atoms with Gasteiger partial charge in [-0.2, -0.15) is 5.10 Å². The van der Waals surface area contributed by atoms with E-state index in [1.807, 2.05) is 6.20 Å². The quantitative estimate of drug-likeness (QED) is 0.697. The second-order valence-corrected chi connectivity index (χ2v) is 3.80. The molecule has 0 spiro atoms. The molecule has 14 heavy (non-hydrogen) atoms. The standard InChI is InChI=1S/C12H16N2/c1-3-11-8-13-14(9-11)12-7-5-4-6-10(12)2/h4-10,12H,3H2,1-2H3. The molecule has 0 N–H and O–H groups in total. The van der Waals surface area contributed by atoms with E-state index in [0.29, 0.717) is 12.0 Å². The van der Waals surface area contributed by atoms with E-state index in [9.17, 15) is 0 Å². The molecule has 1 aromatic rings. The fourth-order valence-corrected chi connectivity index (χ4v) is 1.76. The molecule has 0 aromatic carbocycles. The van der Waals surface area contributed by atoms with Crippen molar-refractivity contribution in [2.75, 3.05) is 0 Å². The fourth-order valence-electron chi connectivity index (χ4n) is 1.76. The Morgan fingerprint density at radius 2 is 2.14 bits per heavy atom. The number of rotatable bonds is 2. The van der Waals surface area contributed by atoms with Crippen molar-refractivity contribution >= 4 is 0 Å². The van der Waals surface area contributed by atoms with E-state index in [1.165, 1.54) is 5.56 Å². The largest absolute Gasteiger partial charge is 0.265 e. The van der Waals surface area contributed by atoms with Crippen LogP contribution in [-0.2, 0) is 6.42 Å². The molecular formula is C12H16N2. The number of hydrogen-bond acceptors (Lipinski definition) is 1. The highest BCUT2D eigenvalue weighted by Crippen LogP contribution is 2.23. The fraction of sp³-hybridized carbons (Fsp3) is 0.417. The van der Waals surface area contributed by atoms with Gasteiger partial charge >= 0.3 is 0 Å². The Balaban J connectivity index is 2.22. The minimum Gasteiger partial charge on any atom is -0.265 e. The van der Waals surface area contributed by atoms with Gasteiger partial charge in [0.15, 0.2) is 0 Å². The summed E-state index contributed by atoms with van der Waals surface area (Å²) in [5, 5.41) is 4.39. The van der Waals surface area contributed by atoms with Crippen LogP contribution in [0.3, 0.4) is 0 Å². The van der Waals surface area contributed by atoms with Gasteiger partial charge in [0.1, 0.15) is 0 Å². The molecule has 1 aromatic heterocycles. The van der Waals surface area contributed by atoms with Crippen LogP contribution in [-0.4, -0.2) is 9.78 Å². The Hall–Kier alpha value is -1.31. The van der Waals surface area contributed by atoms with Crippen molar-refractivity contribution in [3.63, 3.8) is 0 Å². The molecule has 2 heteroatoms. The smallest absolute Gasteiger partial charge is 0.0762 e. The summed E-state index contributed by atoms with van der Waals surface area (Å²) in [6.45, 7) is 4.37. The maximum absolute atomic E-state index is 4.39. The van der Waals surface area contributed by atoms with Gasteiger partial charge in [-0.1, -0.05) is 38.2 Å². The van der Waals surface area contributed by atoms with Crippen molar-refractivity contribution < 1.29 is 0 Å². The first kappa shape index (κ1) is 9.25. The lowest BCUT2D eigenvalue weighted by Gasteiger charge is -2.20. The minimum atomic E-state index is 0.389. The van der Waals surface area contributed by atoms with Crippen molar-refractivity contribution in [3.8, 4) is 0 Å². The molecule has 1 aliphatic carbocycles. The van der Waals surface area contributed by atoms with E-state index in [0.717, 1.165) is 6.42 Å². The van der Waals surface area contributed by atoms with Gasteiger partial charge in [-0.3, -0.25) is 4.68 Å². The monoisotopic (exact) mass is 188 g/mol. The predicted molar refractivity (Wildman–Crippen MR) is 58.1 cm³/mol. The van der Waals surface area contributed by atoms with Crippen LogP contribution in [0.1, 0.15) is 25.5 Å². The SMILES string of the molecule is CCc1cnn(C2C=CC=CC2C)c1. The summed E-state index contributed by atoms with van der Waals surface area (Å²) in [5.74, 6) is 0.532. The van der Waals surface area contributed by atoms with Crippen LogP contribution in [0.2, 0.25) is 0 Å². The zero-order valence-corrected chi connectivity index (χ0v) is 8.72. The van der Waals surface area contributed by atoms with Crippen LogP contribution in [0.5, 0.6) is 0 Å². The highest BCUT2D eigenvalue weighted by atomic mass is 15.3. The lowest BCUT2D eigenvalue weighted by molar-refractivity contribution is 0.443. The summed E-state index contributed by atoms with van der Waals surface area (Å²) in [4.78, 5) is 0. The highest BCUT2D eigenvalue weighted by molar-refractivity contribution is 5.16. The number of allylic oxidation sites excluding steroid dienone is 4. The topological polar surface area (TPSA) is 17.8 Å². The van der Waals surface area contributed by atoms with Crippen molar-refractivity contribution in [1.82, 2.24) is 9.78 Å². The summed E-state index contributed by atoms with van der Waals surface area (Å²) in [6, 6.07) is 0.389. The second kappa shape index (κ2) is 3.82. The Bertz CT molecular complexity index is 360. The molecule has 2 rings (SSSR count). The Kier molecular flexibility index (Phi) is 2.53. The van der Waals surface area contributed by atoms with Gasteiger partial charge in [-0.25, -0.2) is 0 Å². The first-order chi connectivity index (χ1) is 6.81. The molecule has 0 fully saturated rings. The van der Waals surface area contributed by atoms with Crippen LogP contribution in [0.4, 0.5) is 0 Å². The van der Waals surface area contributed by atoms with Crippen molar-refractivity contribution in [3.05, 3.63) is 42.3 Å². The summed E-state index contributed by atoms with van der Waals surface area (Å²) < 4.78 is 2.06. The highest BCUT2D eigenvalue weighted by Gasteiger charge is 2.16. The van der Waals surface area contributed by atoms with Crippen LogP contribution >= 0.6 is 0 Å². The minimum absolute atomic E-state index is 0.389. The summed E-state index contributed by atoms with van der Waals surface area (Å²) in [6.07, 6.45) is 13.8. The van der Waals surface area contributed by atoms with E-state index in [2.05, 4.69) is 54.1 Å². The number of aryl methyl sites for hydroxylation is 1. The third-order valence-electron chi connectivity index (χ3n) is 2.74. The summed E-state index contributed by atoms with van der Waals surface area (Å²) in [7, 11) is 0. The molecule has 0 aliphatic heterocycles. The number of nitrogens with zero attached hydrogens (tertiary/aromatic N) is 2. The average molecular weight is 188 g/mol. The van der Waals surface area contributed by atoms with Crippen LogP contribution in [0.15, 0.2) is 36.7 Å². The van der Waals surface area contributed by atoms with Gasteiger partial charge in [0.25, 0.3) is 0 Å². The van der Waals surface area contributed by atoms with E-state index in [1.54, 1.807) is 0 Å². The first-order valence-corrected chi connectivity index (χ1v) is 5.19. The molecule has 2 nitrogen and oxygen atoms in total. The molecule has 2 atom stereocenters. The van der Waals surface area contributed by atoms with Crippen molar-refractivity contribution in [2.45, 2.75) is 26.3 Å². The van der Waals surface area contributed by atoms with E-state index < -0.39 is 0 Å². The van der Waals surface area contributed by atoms with Gasteiger partial charge in [-0.15, -0.1) is 0 Å². The summed E-state index contributed by atoms with van der Waals surface area (Å²) in [5.41, 5.74) is 1.31. The van der Waals surface area contributed by atoms with E-state index in [4.69, 9.17) is 0 Å². The molecule has 0 bridgehead atoms. The molecule has 2 unspecified atom stereocenters. The van der Waals surface area contributed by atoms with E-state index >= 15 is 0 Å². The van der Waals surface area contributed by atoms with E-state index in [-0.39, 0.29) is 0 Å². The third-order valence-corrected chi connectivity index (χ3v) is 2.74.